The van der Waals surface area contributed by atoms with Gasteiger partial charge in [0.15, 0.2) is 0 Å². The predicted octanol–water partition coefficient (Wildman–Crippen LogP) is 1.54. The summed E-state index contributed by atoms with van der Waals surface area (Å²) in [7, 11) is 2.06. The normalized spacial score (nSPS) is 17.1. The van der Waals surface area contributed by atoms with E-state index in [2.05, 4.69) is 22.2 Å². The van der Waals surface area contributed by atoms with Crippen molar-refractivity contribution in [3.8, 4) is 0 Å². The number of nitrogens with one attached hydrogen (secondary N) is 1. The Balaban J connectivity index is 1.81. The number of hydrogen-bond donors (Lipinski definition) is 1. The Morgan fingerprint density at radius 1 is 1.20 bits per heavy atom. The summed E-state index contributed by atoms with van der Waals surface area (Å²) in [5, 5.41) is 2.30. The lowest BCUT2D eigenvalue weighted by Crippen LogP contribution is -2.45. The standard InChI is InChI=1S/C14H19F2N3O/c1-18-7-9-19(10-8-18)6-5-13(20)17-14-11(15)3-2-4-12(14)16/h2-4H,5-10H2,1H3,(H,17,20). The Bertz CT molecular complexity index is 453. The van der Waals surface area contributed by atoms with Gasteiger partial charge in [-0.2, -0.15) is 0 Å². The van der Waals surface area contributed by atoms with Gasteiger partial charge in [0.05, 0.1) is 0 Å². The number of piperazine rings is 1. The molecule has 2 rings (SSSR count). The fraction of sp³-hybridized carbons (Fsp3) is 0.500. The van der Waals surface area contributed by atoms with E-state index in [0.717, 1.165) is 38.3 Å². The van der Waals surface area contributed by atoms with E-state index in [1.54, 1.807) is 0 Å². The zero-order valence-corrected chi connectivity index (χ0v) is 11.5. The lowest BCUT2D eigenvalue weighted by atomic mass is 10.2. The number of benzene rings is 1. The lowest BCUT2D eigenvalue weighted by Gasteiger charge is -2.32. The number of carbonyl (C=O) groups is 1. The minimum Gasteiger partial charge on any atom is -0.321 e. The van der Waals surface area contributed by atoms with Gasteiger partial charge in [-0.1, -0.05) is 6.07 Å². The van der Waals surface area contributed by atoms with E-state index in [0.29, 0.717) is 6.54 Å². The molecule has 0 unspecified atom stereocenters. The average Bonchev–Trinajstić information content (AvgIpc) is 2.42. The van der Waals surface area contributed by atoms with Crippen LogP contribution in [0, 0.1) is 11.6 Å². The van der Waals surface area contributed by atoms with E-state index in [-0.39, 0.29) is 18.0 Å². The van der Waals surface area contributed by atoms with Crippen LogP contribution < -0.4 is 5.32 Å². The molecule has 1 aromatic carbocycles. The van der Waals surface area contributed by atoms with Crippen LogP contribution in [0.15, 0.2) is 18.2 Å². The number of rotatable bonds is 4. The monoisotopic (exact) mass is 283 g/mol. The Kier molecular flexibility index (Phi) is 5.03. The van der Waals surface area contributed by atoms with E-state index in [4.69, 9.17) is 0 Å². The highest BCUT2D eigenvalue weighted by atomic mass is 19.1. The van der Waals surface area contributed by atoms with Gasteiger partial charge in [-0.15, -0.1) is 0 Å². The van der Waals surface area contributed by atoms with Crippen LogP contribution in [0.25, 0.3) is 0 Å². The maximum absolute atomic E-state index is 13.4. The fourth-order valence-corrected chi connectivity index (χ4v) is 2.15. The first kappa shape index (κ1) is 14.9. The molecular weight excluding hydrogens is 264 g/mol. The number of likely N-dealkylation sites (N-methyl/N-ethyl adjacent to an activating group) is 1. The van der Waals surface area contributed by atoms with Gasteiger partial charge in [0.1, 0.15) is 17.3 Å². The molecule has 1 aliphatic rings. The zero-order valence-electron chi connectivity index (χ0n) is 11.5. The smallest absolute Gasteiger partial charge is 0.225 e. The molecule has 1 fully saturated rings. The van der Waals surface area contributed by atoms with Gasteiger partial charge in [0.2, 0.25) is 5.91 Å². The van der Waals surface area contributed by atoms with Gasteiger partial charge in [0.25, 0.3) is 0 Å². The summed E-state index contributed by atoms with van der Waals surface area (Å²) in [6.45, 7) is 4.39. The summed E-state index contributed by atoms with van der Waals surface area (Å²) < 4.78 is 26.8. The third kappa shape index (κ3) is 3.98. The number of para-hydroxylation sites is 1. The zero-order chi connectivity index (χ0) is 14.5. The second kappa shape index (κ2) is 6.76. The summed E-state index contributed by atoms with van der Waals surface area (Å²) in [5.41, 5.74) is -0.365. The first-order valence-corrected chi connectivity index (χ1v) is 6.71. The lowest BCUT2D eigenvalue weighted by molar-refractivity contribution is -0.116. The summed E-state index contributed by atoms with van der Waals surface area (Å²) in [5.74, 6) is -1.87. The predicted molar refractivity (Wildman–Crippen MR) is 73.5 cm³/mol. The topological polar surface area (TPSA) is 35.6 Å². The fourth-order valence-electron chi connectivity index (χ4n) is 2.15. The Hall–Kier alpha value is -1.53. The Morgan fingerprint density at radius 2 is 1.80 bits per heavy atom. The van der Waals surface area contributed by atoms with Crippen LogP contribution in [0.2, 0.25) is 0 Å². The van der Waals surface area contributed by atoms with Crippen molar-refractivity contribution in [2.24, 2.45) is 0 Å². The molecule has 1 heterocycles. The number of nitrogens with zero attached hydrogens (tertiary/aromatic N) is 2. The van der Waals surface area contributed by atoms with Gasteiger partial charge >= 0.3 is 0 Å². The SMILES string of the molecule is CN1CCN(CCC(=O)Nc2c(F)cccc2F)CC1. The van der Waals surface area contributed by atoms with E-state index >= 15 is 0 Å². The molecule has 1 N–H and O–H groups in total. The second-order valence-corrected chi connectivity index (χ2v) is 5.04. The maximum atomic E-state index is 13.4. The van der Waals surface area contributed by atoms with E-state index < -0.39 is 11.6 Å². The molecule has 0 atom stereocenters. The van der Waals surface area contributed by atoms with Gasteiger partial charge in [-0.3, -0.25) is 4.79 Å². The molecule has 0 radical (unpaired) electrons. The minimum atomic E-state index is -0.752. The van der Waals surface area contributed by atoms with Crippen LogP contribution in [-0.4, -0.2) is 55.5 Å². The van der Waals surface area contributed by atoms with E-state index in [1.807, 2.05) is 0 Å². The number of amides is 1. The molecule has 0 spiro atoms. The van der Waals surface area contributed by atoms with Gasteiger partial charge in [-0.05, 0) is 19.2 Å². The molecule has 0 aromatic heterocycles. The number of anilines is 1. The van der Waals surface area contributed by atoms with Crippen molar-refractivity contribution < 1.29 is 13.6 Å². The summed E-state index contributed by atoms with van der Waals surface area (Å²) in [6.07, 6.45) is 0.234. The van der Waals surface area contributed by atoms with Crippen LogP contribution in [-0.2, 0) is 4.79 Å². The molecular formula is C14H19F2N3O. The molecule has 0 bridgehead atoms. The quantitative estimate of drug-likeness (QED) is 0.910. The molecule has 4 nitrogen and oxygen atoms in total. The first-order valence-electron chi connectivity index (χ1n) is 6.71. The summed E-state index contributed by atoms with van der Waals surface area (Å²) in [6, 6.07) is 3.52. The summed E-state index contributed by atoms with van der Waals surface area (Å²) in [4.78, 5) is 16.1. The molecule has 1 saturated heterocycles. The third-order valence-electron chi connectivity index (χ3n) is 3.48. The Labute approximate surface area is 117 Å². The van der Waals surface area contributed by atoms with Crippen molar-refractivity contribution in [1.82, 2.24) is 9.80 Å². The van der Waals surface area contributed by atoms with E-state index in [9.17, 15) is 13.6 Å². The highest BCUT2D eigenvalue weighted by Crippen LogP contribution is 2.18. The van der Waals surface area contributed by atoms with Crippen molar-refractivity contribution in [1.29, 1.82) is 0 Å². The molecule has 0 aliphatic carbocycles. The van der Waals surface area contributed by atoms with Crippen LogP contribution in [0.5, 0.6) is 0 Å². The van der Waals surface area contributed by atoms with Gasteiger partial charge in [-0.25, -0.2) is 8.78 Å². The second-order valence-electron chi connectivity index (χ2n) is 5.04. The van der Waals surface area contributed by atoms with Crippen LogP contribution in [0.1, 0.15) is 6.42 Å². The number of carbonyl (C=O) groups excluding carboxylic acids is 1. The molecule has 20 heavy (non-hydrogen) atoms. The van der Waals surface area contributed by atoms with Crippen molar-refractivity contribution >= 4 is 11.6 Å². The average molecular weight is 283 g/mol. The van der Waals surface area contributed by atoms with Crippen LogP contribution in [0.3, 0.4) is 0 Å². The molecule has 1 aromatic rings. The number of halogens is 2. The third-order valence-corrected chi connectivity index (χ3v) is 3.48. The maximum Gasteiger partial charge on any atom is 0.225 e. The summed E-state index contributed by atoms with van der Waals surface area (Å²) >= 11 is 0. The first-order chi connectivity index (χ1) is 9.56. The molecule has 6 heteroatoms. The number of hydrogen-bond acceptors (Lipinski definition) is 3. The van der Waals surface area contributed by atoms with Crippen molar-refractivity contribution in [2.75, 3.05) is 45.1 Å². The molecule has 110 valence electrons. The van der Waals surface area contributed by atoms with Gasteiger partial charge in [0, 0.05) is 39.1 Å². The molecule has 1 aliphatic heterocycles. The van der Waals surface area contributed by atoms with Crippen molar-refractivity contribution in [3.05, 3.63) is 29.8 Å². The van der Waals surface area contributed by atoms with Crippen molar-refractivity contribution in [2.45, 2.75) is 6.42 Å². The van der Waals surface area contributed by atoms with Gasteiger partial charge < -0.3 is 15.1 Å². The largest absolute Gasteiger partial charge is 0.321 e. The highest BCUT2D eigenvalue weighted by Gasteiger charge is 2.16. The minimum absolute atomic E-state index is 0.234. The van der Waals surface area contributed by atoms with Crippen LogP contribution >= 0.6 is 0 Å². The van der Waals surface area contributed by atoms with Crippen molar-refractivity contribution in [3.63, 3.8) is 0 Å². The molecule has 1 amide bonds. The molecule has 0 saturated carbocycles. The Morgan fingerprint density at radius 3 is 2.40 bits per heavy atom. The van der Waals surface area contributed by atoms with Crippen LogP contribution in [0.4, 0.5) is 14.5 Å². The van der Waals surface area contributed by atoms with E-state index in [1.165, 1.54) is 6.07 Å². The highest BCUT2D eigenvalue weighted by molar-refractivity contribution is 5.91.